The van der Waals surface area contributed by atoms with Gasteiger partial charge in [0.1, 0.15) is 18.1 Å². The number of unbranched alkanes of at least 4 members (excludes halogenated alkanes) is 1. The molecule has 8 N–H and O–H groups in total. The van der Waals surface area contributed by atoms with Crippen LogP contribution in [0.15, 0.2) is 60.7 Å². The fraction of sp³-hybridized carbons (Fsp3) is 0.500. The molecule has 0 spiro atoms. The SMILES string of the molecule is CC(C)C[C@@H](NC(=O)[C@@H](Cc1ccccc1)NC(=O)[C@H](N)Cc1ccccc1)C(=O)N[C@H](CCCCN)C(=O)N1CCNC(=O)C1. The predicted octanol–water partition coefficient (Wildman–Crippen LogP) is 0.387. The summed E-state index contributed by atoms with van der Waals surface area (Å²) in [6.45, 7) is 4.89. The number of nitrogens with one attached hydrogen (secondary N) is 4. The molecular formula is C34H49N7O5. The van der Waals surface area contributed by atoms with Crippen LogP contribution in [0.1, 0.15) is 50.7 Å². The van der Waals surface area contributed by atoms with Crippen LogP contribution < -0.4 is 32.7 Å². The van der Waals surface area contributed by atoms with Gasteiger partial charge in [0.15, 0.2) is 0 Å². The van der Waals surface area contributed by atoms with Crippen molar-refractivity contribution in [2.24, 2.45) is 17.4 Å². The van der Waals surface area contributed by atoms with Gasteiger partial charge in [-0.3, -0.25) is 24.0 Å². The highest BCUT2D eigenvalue weighted by atomic mass is 16.2. The van der Waals surface area contributed by atoms with Gasteiger partial charge in [0, 0.05) is 19.5 Å². The molecular weight excluding hydrogens is 586 g/mol. The van der Waals surface area contributed by atoms with Crippen LogP contribution in [0.5, 0.6) is 0 Å². The van der Waals surface area contributed by atoms with E-state index in [0.29, 0.717) is 51.7 Å². The number of hydrogen-bond donors (Lipinski definition) is 6. The Morgan fingerprint density at radius 3 is 1.96 bits per heavy atom. The maximum atomic E-state index is 13.8. The number of piperazine rings is 1. The number of rotatable bonds is 17. The van der Waals surface area contributed by atoms with Crippen LogP contribution in [-0.2, 0) is 36.8 Å². The minimum absolute atomic E-state index is 0.0229. The summed E-state index contributed by atoms with van der Waals surface area (Å²) in [6.07, 6.45) is 2.39. The van der Waals surface area contributed by atoms with Crippen LogP contribution >= 0.6 is 0 Å². The van der Waals surface area contributed by atoms with Crippen molar-refractivity contribution < 1.29 is 24.0 Å². The second kappa shape index (κ2) is 18.6. The van der Waals surface area contributed by atoms with Gasteiger partial charge in [-0.15, -0.1) is 0 Å². The third-order valence-electron chi connectivity index (χ3n) is 7.80. The van der Waals surface area contributed by atoms with Crippen molar-refractivity contribution >= 4 is 29.5 Å². The zero-order chi connectivity index (χ0) is 33.5. The van der Waals surface area contributed by atoms with Gasteiger partial charge in [-0.25, -0.2) is 0 Å². The Kier molecular flexibility index (Phi) is 14.6. The van der Waals surface area contributed by atoms with Crippen molar-refractivity contribution in [3.63, 3.8) is 0 Å². The number of benzene rings is 2. The van der Waals surface area contributed by atoms with Gasteiger partial charge < -0.3 is 37.6 Å². The molecule has 3 rings (SSSR count). The molecule has 0 aliphatic carbocycles. The third-order valence-corrected chi connectivity index (χ3v) is 7.80. The molecule has 12 heteroatoms. The number of amides is 5. The molecule has 12 nitrogen and oxygen atoms in total. The van der Waals surface area contributed by atoms with Gasteiger partial charge >= 0.3 is 0 Å². The molecule has 5 amide bonds. The van der Waals surface area contributed by atoms with E-state index in [0.717, 1.165) is 11.1 Å². The minimum atomic E-state index is -1.01. The average molecular weight is 636 g/mol. The van der Waals surface area contributed by atoms with Crippen LogP contribution in [0.3, 0.4) is 0 Å². The monoisotopic (exact) mass is 635 g/mol. The van der Waals surface area contributed by atoms with Gasteiger partial charge in [0.05, 0.1) is 12.6 Å². The molecule has 250 valence electrons. The molecule has 0 bridgehead atoms. The Labute approximate surface area is 271 Å². The molecule has 0 saturated carbocycles. The van der Waals surface area contributed by atoms with Crippen molar-refractivity contribution in [1.82, 2.24) is 26.2 Å². The van der Waals surface area contributed by atoms with E-state index in [4.69, 9.17) is 11.5 Å². The molecule has 2 aromatic carbocycles. The van der Waals surface area contributed by atoms with Crippen molar-refractivity contribution in [2.75, 3.05) is 26.2 Å². The van der Waals surface area contributed by atoms with E-state index in [1.807, 2.05) is 74.5 Å². The largest absolute Gasteiger partial charge is 0.353 e. The van der Waals surface area contributed by atoms with Crippen molar-refractivity contribution in [3.8, 4) is 0 Å². The number of hydrogen-bond acceptors (Lipinski definition) is 7. The maximum absolute atomic E-state index is 13.8. The van der Waals surface area contributed by atoms with E-state index in [2.05, 4.69) is 21.3 Å². The molecule has 4 atom stereocenters. The lowest BCUT2D eigenvalue weighted by Gasteiger charge is -2.32. The summed E-state index contributed by atoms with van der Waals surface area (Å²) < 4.78 is 0. The zero-order valence-corrected chi connectivity index (χ0v) is 26.9. The van der Waals surface area contributed by atoms with E-state index in [1.54, 1.807) is 0 Å². The first kappa shape index (κ1) is 36.2. The van der Waals surface area contributed by atoms with Crippen molar-refractivity contribution in [1.29, 1.82) is 0 Å². The van der Waals surface area contributed by atoms with Gasteiger partial charge in [-0.2, -0.15) is 0 Å². The normalized spacial score (nSPS) is 15.7. The summed E-state index contributed by atoms with van der Waals surface area (Å²) in [7, 11) is 0. The lowest BCUT2D eigenvalue weighted by molar-refractivity contribution is -0.142. The zero-order valence-electron chi connectivity index (χ0n) is 26.9. The summed E-state index contributed by atoms with van der Waals surface area (Å²) in [4.78, 5) is 67.5. The Morgan fingerprint density at radius 1 is 0.804 bits per heavy atom. The van der Waals surface area contributed by atoms with Crippen LogP contribution in [0.25, 0.3) is 0 Å². The van der Waals surface area contributed by atoms with Gasteiger partial charge in [-0.05, 0) is 55.7 Å². The van der Waals surface area contributed by atoms with Gasteiger partial charge in [0.2, 0.25) is 29.5 Å². The third kappa shape index (κ3) is 11.9. The molecule has 0 aromatic heterocycles. The summed E-state index contributed by atoms with van der Waals surface area (Å²) in [6, 6.07) is 14.9. The number of nitrogens with zero attached hydrogens (tertiary/aromatic N) is 1. The van der Waals surface area contributed by atoms with Crippen LogP contribution in [0.4, 0.5) is 0 Å². The van der Waals surface area contributed by atoms with Crippen LogP contribution in [0, 0.1) is 5.92 Å². The average Bonchev–Trinajstić information content (AvgIpc) is 3.04. The second-order valence-electron chi connectivity index (χ2n) is 12.2. The summed E-state index contributed by atoms with van der Waals surface area (Å²) >= 11 is 0. The predicted molar refractivity (Wildman–Crippen MR) is 176 cm³/mol. The van der Waals surface area contributed by atoms with Gasteiger partial charge in [0.25, 0.3) is 0 Å². The molecule has 0 unspecified atom stereocenters. The first-order valence-corrected chi connectivity index (χ1v) is 16.1. The van der Waals surface area contributed by atoms with E-state index in [-0.39, 0.29) is 30.7 Å². The second-order valence-corrected chi connectivity index (χ2v) is 12.2. The topological polar surface area (TPSA) is 189 Å². The fourth-order valence-corrected chi connectivity index (χ4v) is 5.34. The highest BCUT2D eigenvalue weighted by molar-refractivity contribution is 5.95. The lowest BCUT2D eigenvalue weighted by Crippen LogP contribution is -2.60. The molecule has 0 radical (unpaired) electrons. The summed E-state index contributed by atoms with van der Waals surface area (Å²) in [5.74, 6) is -2.12. The quantitative estimate of drug-likeness (QED) is 0.136. The number of nitrogens with two attached hydrogens (primary N) is 2. The highest BCUT2D eigenvalue weighted by Crippen LogP contribution is 2.12. The van der Waals surface area contributed by atoms with E-state index >= 15 is 0 Å². The van der Waals surface area contributed by atoms with Crippen LogP contribution in [0.2, 0.25) is 0 Å². The lowest BCUT2D eigenvalue weighted by atomic mass is 9.99. The summed E-state index contributed by atoms with van der Waals surface area (Å²) in [5.41, 5.74) is 13.6. The summed E-state index contributed by atoms with van der Waals surface area (Å²) in [5, 5.41) is 11.2. The van der Waals surface area contributed by atoms with E-state index < -0.39 is 41.9 Å². The van der Waals surface area contributed by atoms with Crippen molar-refractivity contribution in [2.45, 2.75) is 76.5 Å². The first-order chi connectivity index (χ1) is 22.1. The smallest absolute Gasteiger partial charge is 0.245 e. The first-order valence-electron chi connectivity index (χ1n) is 16.1. The molecule has 1 heterocycles. The molecule has 1 saturated heterocycles. The Morgan fingerprint density at radius 2 is 1.37 bits per heavy atom. The van der Waals surface area contributed by atoms with E-state index in [1.165, 1.54) is 4.90 Å². The fourth-order valence-electron chi connectivity index (χ4n) is 5.34. The Balaban J connectivity index is 1.77. The molecule has 1 aliphatic heterocycles. The van der Waals surface area contributed by atoms with Crippen LogP contribution in [-0.4, -0.2) is 84.8 Å². The number of carbonyl (C=O) groups excluding carboxylic acids is 5. The van der Waals surface area contributed by atoms with Gasteiger partial charge in [-0.1, -0.05) is 74.5 Å². The minimum Gasteiger partial charge on any atom is -0.353 e. The highest BCUT2D eigenvalue weighted by Gasteiger charge is 2.33. The Hall–Kier alpha value is -4.29. The number of carbonyl (C=O) groups is 5. The molecule has 2 aromatic rings. The van der Waals surface area contributed by atoms with Crippen molar-refractivity contribution in [3.05, 3.63) is 71.8 Å². The molecule has 1 aliphatic rings. The van der Waals surface area contributed by atoms with E-state index in [9.17, 15) is 24.0 Å². The Bertz CT molecular complexity index is 1290. The molecule has 46 heavy (non-hydrogen) atoms. The molecule has 1 fully saturated rings. The maximum Gasteiger partial charge on any atom is 0.245 e. The standard InChI is InChI=1S/C34H49N7O5/c1-23(2)19-28(32(44)38-27(15-9-10-16-35)34(46)41-18-17-37-30(42)22-41)40-33(45)29(21-25-13-7-4-8-14-25)39-31(43)26(36)20-24-11-5-3-6-12-24/h3-8,11-14,23,26-29H,9-10,15-22,35-36H2,1-2H3,(H,37,42)(H,38,44)(H,39,43)(H,40,45)/t26-,27-,28-,29-/m1/s1.